The van der Waals surface area contributed by atoms with Crippen molar-refractivity contribution in [3.8, 4) is 0 Å². The number of nitrogens with one attached hydrogen (secondary N) is 1. The van der Waals surface area contributed by atoms with E-state index in [1.165, 1.54) is 29.5 Å². The van der Waals surface area contributed by atoms with Gasteiger partial charge in [0.05, 0.1) is 17.0 Å². The van der Waals surface area contributed by atoms with E-state index in [-0.39, 0.29) is 29.6 Å². The minimum absolute atomic E-state index is 0.0154. The molecule has 0 atom stereocenters. The molecule has 0 saturated carbocycles. The molecule has 0 spiro atoms. The summed E-state index contributed by atoms with van der Waals surface area (Å²) >= 11 is 7.07. The number of anilines is 1. The van der Waals surface area contributed by atoms with Crippen molar-refractivity contribution in [3.63, 3.8) is 0 Å². The van der Waals surface area contributed by atoms with E-state index in [0.29, 0.717) is 16.3 Å². The Morgan fingerprint density at radius 2 is 2.06 bits per heavy atom. The van der Waals surface area contributed by atoms with Gasteiger partial charge in [0.2, 0.25) is 5.91 Å². The molecule has 2 aromatic carbocycles. The summed E-state index contributed by atoms with van der Waals surface area (Å²) in [6.07, 6.45) is 2.67. The molecule has 0 aliphatic carbocycles. The van der Waals surface area contributed by atoms with Crippen molar-refractivity contribution in [2.75, 3.05) is 5.32 Å². The number of ether oxygens (including phenoxy) is 1. The van der Waals surface area contributed by atoms with E-state index in [0.717, 1.165) is 17.3 Å². The number of esters is 1. The van der Waals surface area contributed by atoms with Gasteiger partial charge in [-0.05, 0) is 36.3 Å². The molecule has 3 aromatic rings. The summed E-state index contributed by atoms with van der Waals surface area (Å²) in [7, 11) is 0. The number of aryl methyl sites for hydroxylation is 1. The molecule has 0 aliphatic rings. The number of para-hydroxylation sites is 1. The van der Waals surface area contributed by atoms with E-state index in [9.17, 15) is 19.7 Å². The molecule has 0 aliphatic heterocycles. The number of thiazole rings is 1. The number of halogens is 1. The van der Waals surface area contributed by atoms with Gasteiger partial charge >= 0.3 is 5.97 Å². The van der Waals surface area contributed by atoms with Gasteiger partial charge in [-0.15, -0.1) is 11.3 Å². The molecule has 8 nitrogen and oxygen atoms in total. The molecule has 0 saturated heterocycles. The fourth-order valence-corrected chi connectivity index (χ4v) is 3.64. The van der Waals surface area contributed by atoms with Gasteiger partial charge < -0.3 is 10.1 Å². The van der Waals surface area contributed by atoms with Crippen LogP contribution in [0.15, 0.2) is 53.9 Å². The van der Waals surface area contributed by atoms with Gasteiger partial charge in [-0.25, -0.2) is 9.78 Å². The minimum Gasteiger partial charge on any atom is -0.456 e. The number of aromatic nitrogens is 1. The number of hydrogen-bond donors (Lipinski definition) is 1. The monoisotopic (exact) mass is 471 g/mol. The Labute approximate surface area is 192 Å². The second kappa shape index (κ2) is 10.7. The van der Waals surface area contributed by atoms with Crippen LogP contribution in [0.5, 0.6) is 0 Å². The molecule has 32 heavy (non-hydrogen) atoms. The predicted octanol–water partition coefficient (Wildman–Crippen LogP) is 4.95. The molecule has 164 valence electrons. The van der Waals surface area contributed by atoms with Crippen molar-refractivity contribution in [1.29, 1.82) is 0 Å². The van der Waals surface area contributed by atoms with Gasteiger partial charge in [-0.1, -0.05) is 35.9 Å². The Kier molecular flexibility index (Phi) is 7.69. The molecule has 1 N–H and O–H groups in total. The van der Waals surface area contributed by atoms with Crippen LogP contribution >= 0.6 is 22.9 Å². The number of carbonyl (C=O) groups excluding carboxylic acids is 2. The highest BCUT2D eigenvalue weighted by atomic mass is 35.5. The van der Waals surface area contributed by atoms with Crippen LogP contribution in [0.3, 0.4) is 0 Å². The lowest BCUT2D eigenvalue weighted by molar-refractivity contribution is -0.384. The second-order valence-corrected chi connectivity index (χ2v) is 8.03. The summed E-state index contributed by atoms with van der Waals surface area (Å²) in [6.45, 7) is 1.86. The Bertz CT molecular complexity index is 1190. The molecule has 0 bridgehead atoms. The van der Waals surface area contributed by atoms with Crippen LogP contribution in [0.2, 0.25) is 5.02 Å². The number of rotatable bonds is 8. The highest BCUT2D eigenvalue weighted by molar-refractivity contribution is 7.09. The average molecular weight is 472 g/mol. The van der Waals surface area contributed by atoms with Crippen molar-refractivity contribution in [2.24, 2.45) is 0 Å². The number of nitrogens with zero attached hydrogens (tertiary/aromatic N) is 2. The van der Waals surface area contributed by atoms with Crippen LogP contribution in [-0.2, 0) is 27.4 Å². The maximum Gasteiger partial charge on any atom is 0.331 e. The Morgan fingerprint density at radius 3 is 2.81 bits per heavy atom. The van der Waals surface area contributed by atoms with Gasteiger partial charge in [0.15, 0.2) is 0 Å². The van der Waals surface area contributed by atoms with Crippen LogP contribution in [-0.4, -0.2) is 21.8 Å². The molecular formula is C22H18ClN3O5S. The molecule has 1 aromatic heterocycles. The fourth-order valence-electron chi connectivity index (χ4n) is 2.67. The van der Waals surface area contributed by atoms with Crippen LogP contribution in [0.1, 0.15) is 21.8 Å². The van der Waals surface area contributed by atoms with Crippen LogP contribution < -0.4 is 5.32 Å². The summed E-state index contributed by atoms with van der Waals surface area (Å²) < 4.78 is 5.14. The van der Waals surface area contributed by atoms with E-state index in [1.807, 2.05) is 31.2 Å². The number of nitro benzene ring substituents is 1. The normalized spacial score (nSPS) is 10.8. The van der Waals surface area contributed by atoms with Crippen LogP contribution in [0.25, 0.3) is 6.08 Å². The molecule has 0 unspecified atom stereocenters. The van der Waals surface area contributed by atoms with E-state index in [2.05, 4.69) is 10.3 Å². The number of nitro groups is 1. The van der Waals surface area contributed by atoms with E-state index in [4.69, 9.17) is 16.3 Å². The summed E-state index contributed by atoms with van der Waals surface area (Å²) in [6, 6.07) is 11.7. The molecule has 1 amide bonds. The first kappa shape index (κ1) is 23.1. The zero-order valence-corrected chi connectivity index (χ0v) is 18.5. The summed E-state index contributed by atoms with van der Waals surface area (Å²) in [5, 5.41) is 16.1. The molecule has 0 radical (unpaired) electrons. The first-order valence-electron chi connectivity index (χ1n) is 9.39. The highest BCUT2D eigenvalue weighted by Gasteiger charge is 2.12. The smallest absolute Gasteiger partial charge is 0.331 e. The average Bonchev–Trinajstić information content (AvgIpc) is 3.20. The van der Waals surface area contributed by atoms with Gasteiger partial charge in [0.25, 0.3) is 5.69 Å². The number of benzene rings is 2. The molecule has 3 rings (SSSR count). The molecule has 1 heterocycles. The topological polar surface area (TPSA) is 111 Å². The summed E-state index contributed by atoms with van der Waals surface area (Å²) in [4.78, 5) is 38.8. The molecule has 10 heteroatoms. The quantitative estimate of drug-likeness (QED) is 0.215. The third kappa shape index (κ3) is 6.47. The maximum absolute atomic E-state index is 12.2. The third-order valence-electron chi connectivity index (χ3n) is 4.27. The number of carbonyl (C=O) groups is 2. The lowest BCUT2D eigenvalue weighted by Crippen LogP contribution is -2.15. The van der Waals surface area contributed by atoms with E-state index >= 15 is 0 Å². The largest absolute Gasteiger partial charge is 0.456 e. The van der Waals surface area contributed by atoms with Crippen molar-refractivity contribution in [1.82, 2.24) is 4.98 Å². The fraction of sp³-hybridized carbons (Fsp3) is 0.136. The predicted molar refractivity (Wildman–Crippen MR) is 123 cm³/mol. The summed E-state index contributed by atoms with van der Waals surface area (Å²) in [5.74, 6) is -0.813. The second-order valence-electron chi connectivity index (χ2n) is 6.68. The van der Waals surface area contributed by atoms with Crippen molar-refractivity contribution >= 4 is 52.3 Å². The Balaban J connectivity index is 1.50. The standard InChI is InChI=1S/C22H18ClN3O5S/c1-14-4-2-3-5-18(14)25-20(27)11-21-24-16(13-32-21)12-31-22(28)9-7-15-6-8-17(23)19(10-15)26(29)30/h2-10,13H,11-12H2,1H3,(H,25,27)/b9-7+. The first-order valence-corrected chi connectivity index (χ1v) is 10.6. The van der Waals surface area contributed by atoms with Crippen molar-refractivity contribution < 1.29 is 19.2 Å². The third-order valence-corrected chi connectivity index (χ3v) is 5.49. The SMILES string of the molecule is Cc1ccccc1NC(=O)Cc1nc(COC(=O)/C=C/c2ccc(Cl)c([N+](=O)[O-])c2)cs1. The number of hydrogen-bond acceptors (Lipinski definition) is 7. The van der Waals surface area contributed by atoms with Crippen molar-refractivity contribution in [3.05, 3.63) is 90.9 Å². The lowest BCUT2D eigenvalue weighted by Gasteiger charge is -2.06. The van der Waals surface area contributed by atoms with Crippen LogP contribution in [0.4, 0.5) is 11.4 Å². The van der Waals surface area contributed by atoms with Crippen LogP contribution in [0, 0.1) is 17.0 Å². The van der Waals surface area contributed by atoms with E-state index < -0.39 is 10.9 Å². The van der Waals surface area contributed by atoms with Gasteiger partial charge in [0, 0.05) is 23.2 Å². The highest BCUT2D eigenvalue weighted by Crippen LogP contribution is 2.25. The summed E-state index contributed by atoms with van der Waals surface area (Å²) in [5.41, 5.74) is 2.43. The maximum atomic E-state index is 12.2. The zero-order valence-electron chi connectivity index (χ0n) is 16.9. The van der Waals surface area contributed by atoms with E-state index in [1.54, 1.807) is 11.4 Å². The number of amides is 1. The van der Waals surface area contributed by atoms with Gasteiger partial charge in [-0.3, -0.25) is 14.9 Å². The lowest BCUT2D eigenvalue weighted by atomic mass is 10.2. The van der Waals surface area contributed by atoms with Gasteiger partial charge in [0.1, 0.15) is 16.6 Å². The zero-order chi connectivity index (χ0) is 23.1. The Morgan fingerprint density at radius 1 is 1.28 bits per heavy atom. The first-order chi connectivity index (χ1) is 15.3. The van der Waals surface area contributed by atoms with Gasteiger partial charge in [-0.2, -0.15) is 0 Å². The molecule has 0 fully saturated rings. The van der Waals surface area contributed by atoms with Crippen molar-refractivity contribution in [2.45, 2.75) is 20.0 Å². The minimum atomic E-state index is -0.630. The Hall–Kier alpha value is -3.56. The molecular weight excluding hydrogens is 454 g/mol.